The standard InChI is InChI=1S/C23H27FN4O/c1-16-21-14-18(24)7-10-22(21)27-23(26-16)28-12-3-4-19(11-13-28)25-15-17-5-8-20(29-2)9-6-17/h5-10,14,19,25H,3-4,11-13,15H2,1-2H3. The van der Waals surface area contributed by atoms with E-state index < -0.39 is 0 Å². The summed E-state index contributed by atoms with van der Waals surface area (Å²) in [5.41, 5.74) is 2.88. The first kappa shape index (κ1) is 19.6. The molecule has 2 aromatic carbocycles. The summed E-state index contributed by atoms with van der Waals surface area (Å²) >= 11 is 0. The topological polar surface area (TPSA) is 50.3 Å². The zero-order chi connectivity index (χ0) is 20.2. The van der Waals surface area contributed by atoms with Gasteiger partial charge in [-0.1, -0.05) is 12.1 Å². The number of hydrogen-bond donors (Lipinski definition) is 1. The van der Waals surface area contributed by atoms with Gasteiger partial charge in [0.05, 0.1) is 18.3 Å². The Morgan fingerprint density at radius 2 is 1.93 bits per heavy atom. The Kier molecular flexibility index (Phi) is 5.90. The summed E-state index contributed by atoms with van der Waals surface area (Å²) in [6.45, 7) is 4.62. The van der Waals surface area contributed by atoms with Crippen molar-refractivity contribution in [3.8, 4) is 5.75 Å². The first-order chi connectivity index (χ1) is 14.1. The van der Waals surface area contributed by atoms with E-state index in [0.717, 1.165) is 67.2 Å². The molecular formula is C23H27FN4O. The van der Waals surface area contributed by atoms with Gasteiger partial charge in [-0.15, -0.1) is 0 Å². The van der Waals surface area contributed by atoms with Crippen LogP contribution in [0.2, 0.25) is 0 Å². The molecule has 1 aromatic heterocycles. The van der Waals surface area contributed by atoms with Gasteiger partial charge in [0.25, 0.3) is 0 Å². The van der Waals surface area contributed by atoms with Crippen LogP contribution in [0.3, 0.4) is 0 Å². The molecule has 1 atom stereocenters. The maximum absolute atomic E-state index is 13.5. The molecule has 1 N–H and O–H groups in total. The Morgan fingerprint density at radius 3 is 2.72 bits per heavy atom. The molecule has 152 valence electrons. The van der Waals surface area contributed by atoms with Gasteiger partial charge in [0.1, 0.15) is 11.6 Å². The average molecular weight is 394 g/mol. The van der Waals surface area contributed by atoms with Crippen LogP contribution in [0.1, 0.15) is 30.5 Å². The van der Waals surface area contributed by atoms with Crippen molar-refractivity contribution in [1.29, 1.82) is 0 Å². The third-order valence-electron chi connectivity index (χ3n) is 5.60. The van der Waals surface area contributed by atoms with Crippen molar-refractivity contribution < 1.29 is 9.13 Å². The molecule has 0 aliphatic carbocycles. The summed E-state index contributed by atoms with van der Waals surface area (Å²) in [6.07, 6.45) is 3.26. The molecular weight excluding hydrogens is 367 g/mol. The van der Waals surface area contributed by atoms with E-state index in [4.69, 9.17) is 9.72 Å². The maximum Gasteiger partial charge on any atom is 0.226 e. The second kappa shape index (κ2) is 8.74. The second-order valence-electron chi connectivity index (χ2n) is 7.61. The molecule has 4 rings (SSSR count). The first-order valence-corrected chi connectivity index (χ1v) is 10.2. The highest BCUT2D eigenvalue weighted by Crippen LogP contribution is 2.22. The number of ether oxygens (including phenoxy) is 1. The quantitative estimate of drug-likeness (QED) is 0.702. The number of anilines is 1. The summed E-state index contributed by atoms with van der Waals surface area (Å²) in [5.74, 6) is 1.38. The lowest BCUT2D eigenvalue weighted by atomic mass is 10.1. The largest absolute Gasteiger partial charge is 0.497 e. The third-order valence-corrected chi connectivity index (χ3v) is 5.60. The number of nitrogens with one attached hydrogen (secondary N) is 1. The molecule has 0 spiro atoms. The van der Waals surface area contributed by atoms with Crippen LogP contribution >= 0.6 is 0 Å². The van der Waals surface area contributed by atoms with E-state index in [1.165, 1.54) is 17.7 Å². The van der Waals surface area contributed by atoms with Crippen molar-refractivity contribution in [2.45, 2.75) is 38.8 Å². The van der Waals surface area contributed by atoms with E-state index in [9.17, 15) is 4.39 Å². The number of aryl methyl sites for hydroxylation is 1. The molecule has 0 saturated carbocycles. The van der Waals surface area contributed by atoms with Gasteiger partial charge in [0, 0.05) is 31.1 Å². The lowest BCUT2D eigenvalue weighted by Gasteiger charge is -2.21. The Bertz CT molecular complexity index is 977. The monoisotopic (exact) mass is 394 g/mol. The summed E-state index contributed by atoms with van der Waals surface area (Å²) in [7, 11) is 1.68. The zero-order valence-electron chi connectivity index (χ0n) is 17.0. The van der Waals surface area contributed by atoms with E-state index in [0.29, 0.717) is 6.04 Å². The van der Waals surface area contributed by atoms with Crippen molar-refractivity contribution >= 4 is 16.9 Å². The van der Waals surface area contributed by atoms with Gasteiger partial charge in [0.2, 0.25) is 5.95 Å². The van der Waals surface area contributed by atoms with E-state index in [-0.39, 0.29) is 5.82 Å². The molecule has 0 radical (unpaired) electrons. The van der Waals surface area contributed by atoms with Crippen LogP contribution in [0.25, 0.3) is 10.9 Å². The van der Waals surface area contributed by atoms with Crippen LogP contribution in [0.15, 0.2) is 42.5 Å². The molecule has 29 heavy (non-hydrogen) atoms. The van der Waals surface area contributed by atoms with Gasteiger partial charge in [-0.05, 0) is 62.1 Å². The predicted octanol–water partition coefficient (Wildman–Crippen LogP) is 4.23. The molecule has 1 aliphatic rings. The number of hydrogen-bond acceptors (Lipinski definition) is 5. The molecule has 5 nitrogen and oxygen atoms in total. The van der Waals surface area contributed by atoms with Gasteiger partial charge in [0.15, 0.2) is 0 Å². The Balaban J connectivity index is 1.39. The number of rotatable bonds is 5. The van der Waals surface area contributed by atoms with Crippen LogP contribution in [-0.2, 0) is 6.54 Å². The number of aromatic nitrogens is 2. The number of methoxy groups -OCH3 is 1. The van der Waals surface area contributed by atoms with E-state index >= 15 is 0 Å². The second-order valence-corrected chi connectivity index (χ2v) is 7.61. The fourth-order valence-corrected chi connectivity index (χ4v) is 3.89. The van der Waals surface area contributed by atoms with Gasteiger partial charge < -0.3 is 15.0 Å². The summed E-state index contributed by atoms with van der Waals surface area (Å²) in [6, 6.07) is 13.4. The number of halogens is 1. The van der Waals surface area contributed by atoms with Gasteiger partial charge in [-0.3, -0.25) is 0 Å². The van der Waals surface area contributed by atoms with Crippen LogP contribution in [0.4, 0.5) is 10.3 Å². The van der Waals surface area contributed by atoms with Crippen molar-refractivity contribution in [3.05, 3.63) is 59.5 Å². The molecule has 1 aliphatic heterocycles. The van der Waals surface area contributed by atoms with Crippen LogP contribution in [-0.4, -0.2) is 36.2 Å². The minimum atomic E-state index is -0.252. The lowest BCUT2D eigenvalue weighted by molar-refractivity contribution is 0.414. The van der Waals surface area contributed by atoms with E-state index in [2.05, 4.69) is 27.3 Å². The predicted molar refractivity (Wildman–Crippen MR) is 114 cm³/mol. The van der Waals surface area contributed by atoms with Gasteiger partial charge in [-0.25, -0.2) is 14.4 Å². The normalized spacial score (nSPS) is 17.3. The summed E-state index contributed by atoms with van der Waals surface area (Å²) < 4.78 is 18.7. The maximum atomic E-state index is 13.5. The van der Waals surface area contributed by atoms with Crippen LogP contribution in [0.5, 0.6) is 5.75 Å². The first-order valence-electron chi connectivity index (χ1n) is 10.2. The zero-order valence-corrected chi connectivity index (χ0v) is 17.0. The number of fused-ring (bicyclic) bond motifs is 1. The highest BCUT2D eigenvalue weighted by molar-refractivity contribution is 5.81. The fraction of sp³-hybridized carbons (Fsp3) is 0.391. The highest BCUT2D eigenvalue weighted by Gasteiger charge is 2.19. The smallest absolute Gasteiger partial charge is 0.226 e. The molecule has 1 fully saturated rings. The Labute approximate surface area is 170 Å². The molecule has 6 heteroatoms. The number of nitrogens with zero attached hydrogens (tertiary/aromatic N) is 3. The number of benzene rings is 2. The Hall–Kier alpha value is -2.73. The molecule has 2 heterocycles. The van der Waals surface area contributed by atoms with E-state index in [1.54, 1.807) is 13.2 Å². The van der Waals surface area contributed by atoms with Crippen LogP contribution in [0, 0.1) is 12.7 Å². The minimum absolute atomic E-state index is 0.252. The van der Waals surface area contributed by atoms with E-state index in [1.807, 2.05) is 19.1 Å². The fourth-order valence-electron chi connectivity index (χ4n) is 3.89. The summed E-state index contributed by atoms with van der Waals surface area (Å²) in [5, 5.41) is 4.46. The summed E-state index contributed by atoms with van der Waals surface area (Å²) in [4.78, 5) is 11.6. The van der Waals surface area contributed by atoms with Crippen molar-refractivity contribution in [3.63, 3.8) is 0 Å². The lowest BCUT2D eigenvalue weighted by Crippen LogP contribution is -2.31. The minimum Gasteiger partial charge on any atom is -0.497 e. The SMILES string of the molecule is COc1ccc(CNC2CCCN(c3nc(C)c4cc(F)ccc4n3)CC2)cc1. The van der Waals surface area contributed by atoms with Gasteiger partial charge in [-0.2, -0.15) is 0 Å². The van der Waals surface area contributed by atoms with Crippen molar-refractivity contribution in [2.75, 3.05) is 25.1 Å². The average Bonchev–Trinajstić information content (AvgIpc) is 2.99. The molecule has 1 unspecified atom stereocenters. The van der Waals surface area contributed by atoms with Crippen LogP contribution < -0.4 is 15.0 Å². The van der Waals surface area contributed by atoms with Crippen molar-refractivity contribution in [2.24, 2.45) is 0 Å². The molecule has 0 amide bonds. The Morgan fingerprint density at radius 1 is 1.10 bits per heavy atom. The van der Waals surface area contributed by atoms with Gasteiger partial charge >= 0.3 is 0 Å². The van der Waals surface area contributed by atoms with Crippen molar-refractivity contribution in [1.82, 2.24) is 15.3 Å². The molecule has 3 aromatic rings. The third kappa shape index (κ3) is 4.65. The molecule has 1 saturated heterocycles. The highest BCUT2D eigenvalue weighted by atomic mass is 19.1. The molecule has 0 bridgehead atoms.